The highest BCUT2D eigenvalue weighted by Gasteiger charge is 2.26. The lowest BCUT2D eigenvalue weighted by atomic mass is 9.82. The fourth-order valence-corrected chi connectivity index (χ4v) is 3.40. The van der Waals surface area contributed by atoms with Crippen LogP contribution in [0.1, 0.15) is 47.2 Å². The van der Waals surface area contributed by atoms with E-state index < -0.39 is 24.8 Å². The van der Waals surface area contributed by atoms with Crippen molar-refractivity contribution in [1.29, 1.82) is 0 Å². The zero-order valence-corrected chi connectivity index (χ0v) is 20.7. The number of aromatic carboxylic acids is 1. The van der Waals surface area contributed by atoms with Crippen molar-refractivity contribution < 1.29 is 39.5 Å². The Hall–Kier alpha value is -3.18. The van der Waals surface area contributed by atoms with Crippen LogP contribution < -0.4 is 11.1 Å². The van der Waals surface area contributed by atoms with E-state index in [1.165, 1.54) is 0 Å². The van der Waals surface area contributed by atoms with Crippen LogP contribution in [0.5, 0.6) is 0 Å². The van der Waals surface area contributed by atoms with Gasteiger partial charge in [0.25, 0.3) is 0 Å². The normalized spacial score (nSPS) is 16.0. The van der Waals surface area contributed by atoms with Crippen LogP contribution >= 0.6 is 12.4 Å². The van der Waals surface area contributed by atoms with Crippen LogP contribution in [0.15, 0.2) is 54.6 Å². The molecule has 0 heterocycles. The maximum Gasteiger partial charge on any atom is 0.407 e. The fraction of sp³-hybridized carbons (Fsp3) is 0.400. The SMILES string of the molecule is Cl.NCc1ccc(C(=O)O)cc1.O=C(NCC1CCC(C(=O)O)CC1)OCc1ccccc1.OCO. The van der Waals surface area contributed by atoms with Crippen molar-refractivity contribution in [3.05, 3.63) is 71.3 Å². The lowest BCUT2D eigenvalue weighted by molar-refractivity contribution is -0.143. The molecule has 0 saturated heterocycles. The van der Waals surface area contributed by atoms with Gasteiger partial charge in [-0.3, -0.25) is 4.79 Å². The number of halogens is 1. The van der Waals surface area contributed by atoms with Gasteiger partial charge in [0.1, 0.15) is 13.4 Å². The molecule has 0 bridgehead atoms. The molecule has 0 atom stereocenters. The number of rotatable bonds is 7. The van der Waals surface area contributed by atoms with Crippen LogP contribution in [-0.2, 0) is 22.7 Å². The molecule has 1 fully saturated rings. The van der Waals surface area contributed by atoms with E-state index in [9.17, 15) is 14.4 Å². The number of hydrogen-bond acceptors (Lipinski definition) is 7. The van der Waals surface area contributed by atoms with Gasteiger partial charge in [-0.25, -0.2) is 9.59 Å². The minimum absolute atomic E-state index is 0. The minimum Gasteiger partial charge on any atom is -0.481 e. The second-order valence-corrected chi connectivity index (χ2v) is 7.85. The number of nitrogens with one attached hydrogen (secondary N) is 1. The summed E-state index contributed by atoms with van der Waals surface area (Å²) in [7, 11) is 0. The Balaban J connectivity index is 0.000000689. The Morgan fingerprint density at radius 1 is 0.889 bits per heavy atom. The number of ether oxygens (including phenoxy) is 1. The molecule has 200 valence electrons. The molecular weight excluding hydrogens is 492 g/mol. The van der Waals surface area contributed by atoms with Crippen molar-refractivity contribution in [2.24, 2.45) is 17.6 Å². The van der Waals surface area contributed by atoms with E-state index in [0.717, 1.165) is 24.0 Å². The summed E-state index contributed by atoms with van der Waals surface area (Å²) >= 11 is 0. The molecule has 0 spiro atoms. The molecule has 10 nitrogen and oxygen atoms in total. The smallest absolute Gasteiger partial charge is 0.407 e. The number of aliphatic carboxylic acids is 1. The third-order valence-corrected chi connectivity index (χ3v) is 5.38. The number of hydrogen-bond donors (Lipinski definition) is 6. The molecule has 0 radical (unpaired) electrons. The molecule has 7 N–H and O–H groups in total. The first-order chi connectivity index (χ1) is 16.8. The van der Waals surface area contributed by atoms with Gasteiger partial charge in [0.15, 0.2) is 0 Å². The second-order valence-electron chi connectivity index (χ2n) is 7.85. The van der Waals surface area contributed by atoms with Crippen LogP contribution in [-0.4, -0.2) is 51.8 Å². The predicted molar refractivity (Wildman–Crippen MR) is 136 cm³/mol. The number of carbonyl (C=O) groups is 3. The van der Waals surface area contributed by atoms with Crippen LogP contribution in [0.2, 0.25) is 0 Å². The lowest BCUT2D eigenvalue weighted by Gasteiger charge is -2.25. The van der Waals surface area contributed by atoms with E-state index in [2.05, 4.69) is 5.32 Å². The number of amides is 1. The van der Waals surface area contributed by atoms with E-state index in [1.54, 1.807) is 24.3 Å². The zero-order chi connectivity index (χ0) is 26.1. The number of nitrogens with two attached hydrogens (primary N) is 1. The monoisotopic (exact) mass is 526 g/mol. The van der Waals surface area contributed by atoms with Crippen LogP contribution in [0.3, 0.4) is 0 Å². The lowest BCUT2D eigenvalue weighted by Crippen LogP contribution is -2.32. The summed E-state index contributed by atoms with van der Waals surface area (Å²) in [6.07, 6.45) is 2.66. The summed E-state index contributed by atoms with van der Waals surface area (Å²) in [4.78, 5) is 32.8. The second kappa shape index (κ2) is 19.1. The standard InChI is InChI=1S/C16H21NO4.C8H9NO2.CH4O2.ClH/c18-15(19)14-8-6-12(7-9-14)10-17-16(20)21-11-13-4-2-1-3-5-13;9-5-6-1-3-7(4-2-6)8(10)11;2-1-3;/h1-5,12,14H,6-11H2,(H,17,20)(H,18,19);1-4H,5,9H2,(H,10,11);2-3H,1H2;1H. The molecule has 0 unspecified atom stereocenters. The van der Waals surface area contributed by atoms with E-state index >= 15 is 0 Å². The van der Waals surface area contributed by atoms with Crippen molar-refractivity contribution in [3.63, 3.8) is 0 Å². The molecule has 2 aromatic rings. The number of carboxylic acids is 2. The summed E-state index contributed by atoms with van der Waals surface area (Å²) < 4.78 is 5.13. The Kier molecular flexibility index (Phi) is 17.4. The van der Waals surface area contributed by atoms with Gasteiger partial charge in [0, 0.05) is 13.1 Å². The Labute approximate surface area is 216 Å². The van der Waals surface area contributed by atoms with Gasteiger partial charge in [0.2, 0.25) is 0 Å². The predicted octanol–water partition coefficient (Wildman–Crippen LogP) is 3.00. The molecule has 1 aliphatic rings. The van der Waals surface area contributed by atoms with Crippen LogP contribution in [0, 0.1) is 11.8 Å². The summed E-state index contributed by atoms with van der Waals surface area (Å²) in [5.74, 6) is -1.48. The summed E-state index contributed by atoms with van der Waals surface area (Å²) in [5.41, 5.74) is 7.52. The van der Waals surface area contributed by atoms with Gasteiger partial charge in [-0.05, 0) is 54.9 Å². The van der Waals surface area contributed by atoms with E-state index in [-0.39, 0.29) is 24.9 Å². The third-order valence-electron chi connectivity index (χ3n) is 5.38. The highest BCUT2D eigenvalue weighted by atomic mass is 35.5. The largest absolute Gasteiger partial charge is 0.481 e. The fourth-order valence-electron chi connectivity index (χ4n) is 3.40. The van der Waals surface area contributed by atoms with Crippen molar-refractivity contribution in [2.45, 2.75) is 38.8 Å². The molecule has 0 aromatic heterocycles. The molecule has 11 heteroatoms. The van der Waals surface area contributed by atoms with Gasteiger partial charge in [0.05, 0.1) is 11.5 Å². The average molecular weight is 527 g/mol. The van der Waals surface area contributed by atoms with E-state index in [1.807, 2.05) is 30.3 Å². The molecular formula is C25H35ClN2O8. The zero-order valence-electron chi connectivity index (χ0n) is 19.9. The van der Waals surface area contributed by atoms with E-state index in [0.29, 0.717) is 37.4 Å². The van der Waals surface area contributed by atoms with Crippen molar-refractivity contribution in [2.75, 3.05) is 13.3 Å². The number of carboxylic acid groups (broad SMARTS) is 2. The minimum atomic E-state index is -0.909. The van der Waals surface area contributed by atoms with Crippen LogP contribution in [0.25, 0.3) is 0 Å². The molecule has 3 rings (SSSR count). The van der Waals surface area contributed by atoms with Crippen molar-refractivity contribution in [3.8, 4) is 0 Å². The summed E-state index contributed by atoms with van der Waals surface area (Å²) in [6, 6.07) is 16.0. The highest BCUT2D eigenvalue weighted by molar-refractivity contribution is 5.87. The number of aliphatic hydroxyl groups is 2. The van der Waals surface area contributed by atoms with Crippen LogP contribution in [0.4, 0.5) is 4.79 Å². The first-order valence-electron chi connectivity index (χ1n) is 11.2. The Morgan fingerprint density at radius 3 is 1.92 bits per heavy atom. The maximum absolute atomic E-state index is 11.6. The van der Waals surface area contributed by atoms with Gasteiger partial charge in [-0.2, -0.15) is 0 Å². The number of alkyl carbamates (subject to hydrolysis) is 1. The maximum atomic E-state index is 11.6. The Bertz CT molecular complexity index is 889. The molecule has 1 aliphatic carbocycles. The highest BCUT2D eigenvalue weighted by Crippen LogP contribution is 2.28. The van der Waals surface area contributed by atoms with Gasteiger partial charge in [-0.1, -0.05) is 42.5 Å². The first-order valence-corrected chi connectivity index (χ1v) is 11.2. The quantitative estimate of drug-likeness (QED) is 0.295. The number of aliphatic hydroxyl groups excluding tert-OH is 1. The van der Waals surface area contributed by atoms with Gasteiger partial charge < -0.3 is 36.2 Å². The van der Waals surface area contributed by atoms with Gasteiger partial charge in [-0.15, -0.1) is 12.4 Å². The first kappa shape index (κ1) is 32.8. The average Bonchev–Trinajstić information content (AvgIpc) is 2.88. The van der Waals surface area contributed by atoms with E-state index in [4.69, 9.17) is 30.9 Å². The Morgan fingerprint density at radius 2 is 1.44 bits per heavy atom. The van der Waals surface area contributed by atoms with Crippen molar-refractivity contribution in [1.82, 2.24) is 5.32 Å². The molecule has 1 amide bonds. The molecule has 2 aromatic carbocycles. The summed E-state index contributed by atoms with van der Waals surface area (Å²) in [6.45, 7) is 0.512. The third kappa shape index (κ3) is 13.6. The molecule has 0 aliphatic heterocycles. The van der Waals surface area contributed by atoms with Crippen molar-refractivity contribution >= 4 is 30.4 Å². The topological polar surface area (TPSA) is 179 Å². The molecule has 1 saturated carbocycles. The molecule has 36 heavy (non-hydrogen) atoms. The summed E-state index contributed by atoms with van der Waals surface area (Å²) in [5, 5.41) is 34.5. The van der Waals surface area contributed by atoms with Gasteiger partial charge >= 0.3 is 18.0 Å². The number of benzene rings is 2. The number of carbonyl (C=O) groups excluding carboxylic acids is 1.